The third-order valence-corrected chi connectivity index (χ3v) is 4.09. The third kappa shape index (κ3) is 4.43. The number of methoxy groups -OCH3 is 1. The van der Waals surface area contributed by atoms with E-state index < -0.39 is 6.10 Å². The summed E-state index contributed by atoms with van der Waals surface area (Å²) < 4.78 is 16.3. The van der Waals surface area contributed by atoms with Gasteiger partial charge >= 0.3 is 0 Å². The number of benzene rings is 2. The summed E-state index contributed by atoms with van der Waals surface area (Å²) in [4.78, 5) is 23.9. The second-order valence-corrected chi connectivity index (χ2v) is 6.13. The molecule has 2 aromatic carbocycles. The topological polar surface area (TPSA) is 85.9 Å². The van der Waals surface area contributed by atoms with E-state index in [1.54, 1.807) is 50.4 Å². The van der Waals surface area contributed by atoms with E-state index in [-0.39, 0.29) is 11.8 Å². The van der Waals surface area contributed by atoms with Crippen LogP contribution in [0.4, 0.5) is 11.4 Å². The number of anilines is 2. The number of carbonyl (C=O) groups excluding carboxylic acids is 2. The third-order valence-electron chi connectivity index (χ3n) is 4.09. The highest BCUT2D eigenvalue weighted by molar-refractivity contribution is 6.03. The molecule has 1 atom stereocenters. The van der Waals surface area contributed by atoms with E-state index in [0.29, 0.717) is 35.2 Å². The molecule has 7 nitrogen and oxygen atoms in total. The lowest BCUT2D eigenvalue weighted by Gasteiger charge is -2.23. The van der Waals surface area contributed by atoms with E-state index in [2.05, 4.69) is 10.6 Å². The van der Waals surface area contributed by atoms with Gasteiger partial charge in [-0.25, -0.2) is 0 Å². The largest absolute Gasteiger partial charge is 0.493 e. The quantitative estimate of drug-likeness (QED) is 0.747. The average Bonchev–Trinajstić information content (AvgIpc) is 2.68. The summed E-state index contributed by atoms with van der Waals surface area (Å²) in [5, 5.41) is 5.51. The zero-order valence-corrected chi connectivity index (χ0v) is 15.9. The van der Waals surface area contributed by atoms with E-state index in [9.17, 15) is 9.59 Å². The van der Waals surface area contributed by atoms with Crippen molar-refractivity contribution in [1.82, 2.24) is 0 Å². The van der Waals surface area contributed by atoms with E-state index >= 15 is 0 Å². The fourth-order valence-electron chi connectivity index (χ4n) is 2.71. The average molecular weight is 382 g/mol. The molecule has 146 valence electrons. The number of rotatable bonds is 6. The Morgan fingerprint density at radius 2 is 2.07 bits per heavy atom. The van der Waals surface area contributed by atoms with Crippen LogP contribution in [0.1, 0.15) is 19.4 Å². The van der Waals surface area contributed by atoms with Gasteiger partial charge in [0.1, 0.15) is 5.75 Å². The SMILES string of the molecule is CCOc1cc(/C=C/C(=O)Nc2ccc3c(c2)NC(=O)C(C)O3)ccc1OC. The normalized spacial score (nSPS) is 15.4. The first kappa shape index (κ1) is 19.3. The molecule has 0 aromatic heterocycles. The molecular weight excluding hydrogens is 360 g/mol. The summed E-state index contributed by atoms with van der Waals surface area (Å²) in [6, 6.07) is 10.5. The number of hydrogen-bond acceptors (Lipinski definition) is 5. The fourth-order valence-corrected chi connectivity index (χ4v) is 2.71. The predicted molar refractivity (Wildman–Crippen MR) is 107 cm³/mol. The van der Waals surface area contributed by atoms with E-state index in [0.717, 1.165) is 5.56 Å². The molecule has 0 aliphatic carbocycles. The molecule has 2 amide bonds. The highest BCUT2D eigenvalue weighted by atomic mass is 16.5. The predicted octanol–water partition coefficient (Wildman–Crippen LogP) is 3.47. The van der Waals surface area contributed by atoms with Crippen molar-refractivity contribution < 1.29 is 23.8 Å². The molecule has 1 heterocycles. The number of fused-ring (bicyclic) bond motifs is 1. The summed E-state index contributed by atoms with van der Waals surface area (Å²) in [7, 11) is 1.58. The molecular formula is C21H22N2O5. The Balaban J connectivity index is 1.68. The Morgan fingerprint density at radius 3 is 2.82 bits per heavy atom. The molecule has 0 saturated carbocycles. The number of nitrogens with one attached hydrogen (secondary N) is 2. The van der Waals surface area contributed by atoms with Gasteiger partial charge in [-0.1, -0.05) is 6.07 Å². The Morgan fingerprint density at radius 1 is 1.25 bits per heavy atom. The van der Waals surface area contributed by atoms with Crippen molar-refractivity contribution in [3.8, 4) is 17.2 Å². The van der Waals surface area contributed by atoms with Gasteiger partial charge < -0.3 is 24.8 Å². The van der Waals surface area contributed by atoms with Gasteiger partial charge in [0.05, 0.1) is 19.4 Å². The summed E-state index contributed by atoms with van der Waals surface area (Å²) in [6.45, 7) is 4.08. The number of amides is 2. The fraction of sp³-hybridized carbons (Fsp3) is 0.238. The first-order chi connectivity index (χ1) is 13.5. The van der Waals surface area contributed by atoms with Crippen LogP contribution in [0.2, 0.25) is 0 Å². The molecule has 1 aliphatic rings. The first-order valence-electron chi connectivity index (χ1n) is 8.91. The molecule has 2 aromatic rings. The minimum atomic E-state index is -0.540. The summed E-state index contributed by atoms with van der Waals surface area (Å²) in [6.07, 6.45) is 2.57. The maximum atomic E-state index is 12.2. The van der Waals surface area contributed by atoms with Crippen molar-refractivity contribution in [2.45, 2.75) is 20.0 Å². The Kier molecular flexibility index (Phi) is 5.84. The zero-order chi connectivity index (χ0) is 20.1. The minimum Gasteiger partial charge on any atom is -0.493 e. The summed E-state index contributed by atoms with van der Waals surface area (Å²) in [5.74, 6) is 1.30. The molecule has 0 fully saturated rings. The van der Waals surface area contributed by atoms with Crippen LogP contribution in [-0.2, 0) is 9.59 Å². The standard InChI is InChI=1S/C21H22N2O5/c1-4-27-19-11-14(5-8-18(19)26-3)6-10-20(24)22-15-7-9-17-16(12-15)23-21(25)13(2)28-17/h5-13H,4H2,1-3H3,(H,22,24)(H,23,25)/b10-6+. The van der Waals surface area contributed by atoms with Crippen molar-refractivity contribution in [3.05, 3.63) is 48.0 Å². The van der Waals surface area contributed by atoms with Crippen LogP contribution < -0.4 is 24.8 Å². The van der Waals surface area contributed by atoms with Crippen LogP contribution >= 0.6 is 0 Å². The Hall–Kier alpha value is -3.48. The van der Waals surface area contributed by atoms with Crippen LogP contribution in [0.15, 0.2) is 42.5 Å². The maximum absolute atomic E-state index is 12.2. The number of ether oxygens (including phenoxy) is 3. The van der Waals surface area contributed by atoms with Gasteiger partial charge in [0.15, 0.2) is 17.6 Å². The van der Waals surface area contributed by atoms with E-state index in [1.165, 1.54) is 6.08 Å². The van der Waals surface area contributed by atoms with Crippen LogP contribution in [0.3, 0.4) is 0 Å². The maximum Gasteiger partial charge on any atom is 0.265 e. The zero-order valence-electron chi connectivity index (χ0n) is 15.9. The van der Waals surface area contributed by atoms with Gasteiger partial charge in [-0.2, -0.15) is 0 Å². The first-order valence-corrected chi connectivity index (χ1v) is 8.91. The lowest BCUT2D eigenvalue weighted by molar-refractivity contribution is -0.122. The number of carbonyl (C=O) groups is 2. The molecule has 1 unspecified atom stereocenters. The molecule has 2 N–H and O–H groups in total. The molecule has 28 heavy (non-hydrogen) atoms. The van der Waals surface area contributed by atoms with Gasteiger partial charge in [0, 0.05) is 11.8 Å². The Bertz CT molecular complexity index is 923. The molecule has 0 radical (unpaired) electrons. The Labute approximate surface area is 163 Å². The second-order valence-electron chi connectivity index (χ2n) is 6.13. The van der Waals surface area contributed by atoms with Crippen LogP contribution in [0, 0.1) is 0 Å². The van der Waals surface area contributed by atoms with Crippen molar-refractivity contribution in [2.24, 2.45) is 0 Å². The van der Waals surface area contributed by atoms with Crippen molar-refractivity contribution >= 4 is 29.3 Å². The van der Waals surface area contributed by atoms with Crippen LogP contribution in [0.5, 0.6) is 17.2 Å². The monoisotopic (exact) mass is 382 g/mol. The van der Waals surface area contributed by atoms with Gasteiger partial charge in [0.2, 0.25) is 5.91 Å². The molecule has 1 aliphatic heterocycles. The molecule has 0 bridgehead atoms. The van der Waals surface area contributed by atoms with E-state index in [1.807, 2.05) is 13.0 Å². The lowest BCUT2D eigenvalue weighted by Crippen LogP contribution is -2.34. The number of hydrogen-bond donors (Lipinski definition) is 2. The highest BCUT2D eigenvalue weighted by Gasteiger charge is 2.23. The lowest BCUT2D eigenvalue weighted by atomic mass is 10.2. The van der Waals surface area contributed by atoms with Gasteiger partial charge in [-0.15, -0.1) is 0 Å². The molecule has 0 spiro atoms. The summed E-state index contributed by atoms with van der Waals surface area (Å²) >= 11 is 0. The van der Waals surface area contributed by atoms with Crippen molar-refractivity contribution in [1.29, 1.82) is 0 Å². The van der Waals surface area contributed by atoms with Crippen LogP contribution in [-0.4, -0.2) is 31.6 Å². The van der Waals surface area contributed by atoms with Crippen LogP contribution in [0.25, 0.3) is 6.08 Å². The summed E-state index contributed by atoms with van der Waals surface area (Å²) in [5.41, 5.74) is 1.89. The molecule has 3 rings (SSSR count). The van der Waals surface area contributed by atoms with Gasteiger partial charge in [0.25, 0.3) is 5.91 Å². The minimum absolute atomic E-state index is 0.222. The van der Waals surface area contributed by atoms with Crippen molar-refractivity contribution in [3.63, 3.8) is 0 Å². The highest BCUT2D eigenvalue weighted by Crippen LogP contribution is 2.32. The molecule has 0 saturated heterocycles. The second kappa shape index (κ2) is 8.47. The van der Waals surface area contributed by atoms with E-state index in [4.69, 9.17) is 14.2 Å². The van der Waals surface area contributed by atoms with Crippen molar-refractivity contribution in [2.75, 3.05) is 24.4 Å². The smallest absolute Gasteiger partial charge is 0.265 e. The molecule has 7 heteroatoms. The van der Waals surface area contributed by atoms with Gasteiger partial charge in [-0.05, 0) is 55.8 Å². The van der Waals surface area contributed by atoms with Gasteiger partial charge in [-0.3, -0.25) is 9.59 Å².